The maximum atomic E-state index is 12.4. The molecule has 0 saturated carbocycles. The van der Waals surface area contributed by atoms with Crippen LogP contribution in [0.1, 0.15) is 37.0 Å². The Morgan fingerprint density at radius 3 is 2.90 bits per heavy atom. The lowest BCUT2D eigenvalue weighted by Gasteiger charge is -2.27. The van der Waals surface area contributed by atoms with Crippen LogP contribution in [0.25, 0.3) is 5.65 Å². The van der Waals surface area contributed by atoms with Crippen molar-refractivity contribution in [3.05, 3.63) is 23.9 Å². The molecule has 1 N–H and O–H groups in total. The van der Waals surface area contributed by atoms with Crippen molar-refractivity contribution in [2.75, 3.05) is 20.6 Å². The maximum Gasteiger partial charge on any atom is 0.255 e. The number of amides is 1. The summed E-state index contributed by atoms with van der Waals surface area (Å²) in [5, 5.41) is 14.3. The van der Waals surface area contributed by atoms with E-state index in [0.29, 0.717) is 11.2 Å². The van der Waals surface area contributed by atoms with Gasteiger partial charge in [0.15, 0.2) is 5.65 Å². The van der Waals surface area contributed by atoms with Gasteiger partial charge in [0.05, 0.1) is 5.56 Å². The minimum absolute atomic E-state index is 0.148. The number of pyridine rings is 1. The van der Waals surface area contributed by atoms with Gasteiger partial charge in [-0.2, -0.15) is 4.52 Å². The second-order valence-electron chi connectivity index (χ2n) is 6.11. The van der Waals surface area contributed by atoms with Gasteiger partial charge >= 0.3 is 0 Å². The van der Waals surface area contributed by atoms with Crippen LogP contribution in [0.3, 0.4) is 0 Å². The van der Waals surface area contributed by atoms with Crippen LogP contribution in [0.2, 0.25) is 0 Å². The number of tetrazole rings is 1. The highest BCUT2D eigenvalue weighted by Crippen LogP contribution is 2.14. The van der Waals surface area contributed by atoms with E-state index in [4.69, 9.17) is 0 Å². The third-order valence-electron chi connectivity index (χ3n) is 3.33. The molecule has 1 amide bonds. The summed E-state index contributed by atoms with van der Waals surface area (Å²) in [5.74, 6) is -0.148. The number of nitrogens with zero attached hydrogens (tertiary/aromatic N) is 5. The highest BCUT2D eigenvalue weighted by atomic mass is 16.1. The second-order valence-corrected chi connectivity index (χ2v) is 6.11. The first-order valence-corrected chi connectivity index (χ1v) is 7.03. The Labute approximate surface area is 124 Å². The number of nitrogens with one attached hydrogen (secondary N) is 1. The van der Waals surface area contributed by atoms with E-state index in [2.05, 4.69) is 25.7 Å². The van der Waals surface area contributed by atoms with Gasteiger partial charge in [0, 0.05) is 11.7 Å². The molecule has 2 aromatic rings. The smallest absolute Gasteiger partial charge is 0.255 e. The van der Waals surface area contributed by atoms with Crippen molar-refractivity contribution in [3.63, 3.8) is 0 Å². The summed E-state index contributed by atoms with van der Waals surface area (Å²) in [6.45, 7) is 5.06. The molecule has 0 atom stereocenters. The molecular formula is C14H22N6O. The van der Waals surface area contributed by atoms with Crippen LogP contribution in [0.5, 0.6) is 0 Å². The summed E-state index contributed by atoms with van der Waals surface area (Å²) >= 11 is 0. The maximum absolute atomic E-state index is 12.4. The number of aromatic nitrogens is 4. The average molecular weight is 290 g/mol. The number of hydrogen-bond acceptors (Lipinski definition) is 5. The summed E-state index contributed by atoms with van der Waals surface area (Å²) < 4.78 is 1.49. The third-order valence-corrected chi connectivity index (χ3v) is 3.33. The topological polar surface area (TPSA) is 75.4 Å². The van der Waals surface area contributed by atoms with Gasteiger partial charge in [-0.15, -0.1) is 5.10 Å². The Kier molecular flexibility index (Phi) is 4.52. The first kappa shape index (κ1) is 15.4. The van der Waals surface area contributed by atoms with Gasteiger partial charge in [0.2, 0.25) is 0 Å². The SMILES string of the molecule is CN(C)CCCC(C)(C)NC(=O)c1cccn2nnnc12. The summed E-state index contributed by atoms with van der Waals surface area (Å²) in [6.07, 6.45) is 3.65. The number of carbonyl (C=O) groups is 1. The van der Waals surface area contributed by atoms with Crippen molar-refractivity contribution >= 4 is 11.6 Å². The number of carbonyl (C=O) groups excluding carboxylic acids is 1. The molecule has 2 rings (SSSR count). The molecule has 2 aromatic heterocycles. The molecule has 7 heteroatoms. The van der Waals surface area contributed by atoms with Gasteiger partial charge in [-0.25, -0.2) is 0 Å². The molecule has 0 aliphatic carbocycles. The molecule has 0 saturated heterocycles. The van der Waals surface area contributed by atoms with Gasteiger partial charge in [-0.1, -0.05) is 0 Å². The van der Waals surface area contributed by atoms with E-state index in [1.807, 2.05) is 27.9 Å². The van der Waals surface area contributed by atoms with E-state index in [9.17, 15) is 4.79 Å². The Morgan fingerprint density at radius 2 is 2.19 bits per heavy atom. The van der Waals surface area contributed by atoms with Crippen LogP contribution >= 0.6 is 0 Å². The number of hydrogen-bond donors (Lipinski definition) is 1. The van der Waals surface area contributed by atoms with Crippen LogP contribution in [0.15, 0.2) is 18.3 Å². The highest BCUT2D eigenvalue weighted by Gasteiger charge is 2.22. The summed E-state index contributed by atoms with van der Waals surface area (Å²) in [7, 11) is 4.09. The van der Waals surface area contributed by atoms with Crippen LogP contribution in [-0.2, 0) is 0 Å². The number of rotatable bonds is 6. The highest BCUT2D eigenvalue weighted by molar-refractivity contribution is 5.99. The molecular weight excluding hydrogens is 268 g/mol. The minimum Gasteiger partial charge on any atom is -0.347 e. The van der Waals surface area contributed by atoms with Crippen molar-refractivity contribution in [2.45, 2.75) is 32.2 Å². The van der Waals surface area contributed by atoms with Crippen molar-refractivity contribution in [1.82, 2.24) is 30.3 Å². The lowest BCUT2D eigenvalue weighted by molar-refractivity contribution is 0.0908. The van der Waals surface area contributed by atoms with Gasteiger partial charge in [-0.05, 0) is 69.9 Å². The first-order chi connectivity index (χ1) is 9.89. The average Bonchev–Trinajstić information content (AvgIpc) is 2.85. The molecule has 114 valence electrons. The largest absolute Gasteiger partial charge is 0.347 e. The fraction of sp³-hybridized carbons (Fsp3) is 0.571. The van der Waals surface area contributed by atoms with E-state index < -0.39 is 0 Å². The molecule has 0 aliphatic heterocycles. The van der Waals surface area contributed by atoms with Crippen LogP contribution in [0, 0.1) is 0 Å². The van der Waals surface area contributed by atoms with E-state index in [-0.39, 0.29) is 11.4 Å². The molecule has 7 nitrogen and oxygen atoms in total. The Balaban J connectivity index is 2.05. The predicted octanol–water partition coefficient (Wildman–Crippen LogP) is 0.974. The van der Waals surface area contributed by atoms with Crippen LogP contribution in [-0.4, -0.2) is 57.0 Å². The number of fused-ring (bicyclic) bond motifs is 1. The second kappa shape index (κ2) is 6.17. The van der Waals surface area contributed by atoms with Crippen molar-refractivity contribution < 1.29 is 4.79 Å². The van der Waals surface area contributed by atoms with E-state index >= 15 is 0 Å². The predicted molar refractivity (Wildman–Crippen MR) is 80.1 cm³/mol. The lowest BCUT2D eigenvalue weighted by atomic mass is 9.97. The van der Waals surface area contributed by atoms with E-state index in [1.54, 1.807) is 18.3 Å². The van der Waals surface area contributed by atoms with E-state index in [0.717, 1.165) is 19.4 Å². The molecule has 0 aromatic carbocycles. The molecule has 0 bridgehead atoms. The summed E-state index contributed by atoms with van der Waals surface area (Å²) in [4.78, 5) is 14.6. The fourth-order valence-corrected chi connectivity index (χ4v) is 2.22. The molecule has 0 radical (unpaired) electrons. The zero-order chi connectivity index (χ0) is 15.5. The Hall–Kier alpha value is -2.02. The molecule has 0 unspecified atom stereocenters. The van der Waals surface area contributed by atoms with Crippen molar-refractivity contribution in [1.29, 1.82) is 0 Å². The van der Waals surface area contributed by atoms with Gasteiger partial charge in [-0.3, -0.25) is 4.79 Å². The minimum atomic E-state index is -0.270. The lowest BCUT2D eigenvalue weighted by Crippen LogP contribution is -2.43. The van der Waals surface area contributed by atoms with Crippen molar-refractivity contribution in [2.24, 2.45) is 0 Å². The molecule has 2 heterocycles. The fourth-order valence-electron chi connectivity index (χ4n) is 2.22. The van der Waals surface area contributed by atoms with Gasteiger partial charge < -0.3 is 10.2 Å². The van der Waals surface area contributed by atoms with Crippen LogP contribution < -0.4 is 5.32 Å². The van der Waals surface area contributed by atoms with Crippen LogP contribution in [0.4, 0.5) is 0 Å². The summed E-state index contributed by atoms with van der Waals surface area (Å²) in [6, 6.07) is 3.49. The summed E-state index contributed by atoms with van der Waals surface area (Å²) in [5.41, 5.74) is 0.690. The van der Waals surface area contributed by atoms with Gasteiger partial charge in [0.25, 0.3) is 5.91 Å². The zero-order valence-corrected chi connectivity index (χ0v) is 13.0. The third kappa shape index (κ3) is 3.98. The normalized spacial score (nSPS) is 12.0. The zero-order valence-electron chi connectivity index (χ0n) is 13.0. The molecule has 21 heavy (non-hydrogen) atoms. The Bertz CT molecular complexity index is 619. The molecule has 0 aliphatic rings. The first-order valence-electron chi connectivity index (χ1n) is 7.03. The molecule has 0 fully saturated rings. The van der Waals surface area contributed by atoms with Crippen molar-refractivity contribution in [3.8, 4) is 0 Å². The molecule has 0 spiro atoms. The quantitative estimate of drug-likeness (QED) is 0.858. The standard InChI is InChI=1S/C14H22N6O/c1-14(2,8-6-9-19(3)4)15-13(21)11-7-5-10-20-12(11)16-17-18-20/h5,7,10H,6,8-9H2,1-4H3,(H,15,21). The Morgan fingerprint density at radius 1 is 1.43 bits per heavy atom. The van der Waals surface area contributed by atoms with Gasteiger partial charge in [0.1, 0.15) is 0 Å². The van der Waals surface area contributed by atoms with E-state index in [1.165, 1.54) is 4.52 Å². The monoisotopic (exact) mass is 290 g/mol.